The lowest BCUT2D eigenvalue weighted by atomic mass is 9.95. The molecule has 0 bridgehead atoms. The molecule has 0 aliphatic carbocycles. The van der Waals surface area contributed by atoms with Crippen LogP contribution in [0.5, 0.6) is 0 Å². The Morgan fingerprint density at radius 1 is 0.931 bits per heavy atom. The van der Waals surface area contributed by atoms with Crippen molar-refractivity contribution in [3.8, 4) is 0 Å². The zero-order valence-corrected chi connectivity index (χ0v) is 17.7. The van der Waals surface area contributed by atoms with Crippen LogP contribution in [-0.2, 0) is 4.79 Å². The van der Waals surface area contributed by atoms with E-state index in [1.54, 1.807) is 6.33 Å². The number of rotatable bonds is 6. The highest BCUT2D eigenvalue weighted by atomic mass is 16.1. The van der Waals surface area contributed by atoms with Crippen LogP contribution in [0.3, 0.4) is 0 Å². The number of nitrogens with zero attached hydrogens (tertiary/aromatic N) is 5. The van der Waals surface area contributed by atoms with Crippen LogP contribution < -0.4 is 15.1 Å². The zero-order valence-electron chi connectivity index (χ0n) is 17.7. The Labute approximate surface area is 174 Å². The molecule has 0 radical (unpaired) electrons. The summed E-state index contributed by atoms with van der Waals surface area (Å²) in [7, 11) is 0. The Kier molecular flexibility index (Phi) is 7.19. The number of likely N-dealkylation sites (tertiary alicyclic amines) is 1. The van der Waals surface area contributed by atoms with Crippen LogP contribution in [0.15, 0.2) is 12.5 Å². The maximum atomic E-state index is 12.6. The maximum Gasteiger partial charge on any atom is 0.223 e. The molecule has 1 aromatic heterocycles. The summed E-state index contributed by atoms with van der Waals surface area (Å²) in [5.41, 5.74) is 1.13. The summed E-state index contributed by atoms with van der Waals surface area (Å²) in [4.78, 5) is 28.7. The van der Waals surface area contributed by atoms with Crippen molar-refractivity contribution < 1.29 is 4.79 Å². The van der Waals surface area contributed by atoms with Crippen LogP contribution in [0.2, 0.25) is 0 Å². The molecule has 3 aliphatic heterocycles. The molecule has 3 fully saturated rings. The van der Waals surface area contributed by atoms with E-state index in [-0.39, 0.29) is 11.8 Å². The molecular weight excluding hydrogens is 364 g/mol. The average Bonchev–Trinajstić information content (AvgIpc) is 3.18. The summed E-state index contributed by atoms with van der Waals surface area (Å²) >= 11 is 0. The fraction of sp³-hybridized carbons (Fsp3) is 0.773. The monoisotopic (exact) mass is 400 g/mol. The van der Waals surface area contributed by atoms with E-state index in [9.17, 15) is 4.79 Å². The molecule has 1 aromatic rings. The molecule has 3 aliphatic rings. The number of carbonyl (C=O) groups excluding carboxylic acids is 1. The van der Waals surface area contributed by atoms with E-state index in [2.05, 4.69) is 30.0 Å². The van der Waals surface area contributed by atoms with Crippen molar-refractivity contribution in [1.82, 2.24) is 20.2 Å². The van der Waals surface area contributed by atoms with Gasteiger partial charge in [0.25, 0.3) is 0 Å². The highest BCUT2D eigenvalue weighted by molar-refractivity contribution is 5.79. The number of nitrogens with one attached hydrogen (secondary N) is 1. The van der Waals surface area contributed by atoms with Crippen molar-refractivity contribution >= 4 is 17.4 Å². The van der Waals surface area contributed by atoms with Gasteiger partial charge in [-0.15, -0.1) is 0 Å². The van der Waals surface area contributed by atoms with E-state index < -0.39 is 0 Å². The quantitative estimate of drug-likeness (QED) is 0.790. The van der Waals surface area contributed by atoms with Crippen LogP contribution in [-0.4, -0.2) is 73.1 Å². The van der Waals surface area contributed by atoms with E-state index in [1.807, 2.05) is 6.20 Å². The minimum absolute atomic E-state index is 0.134. The first-order valence-electron chi connectivity index (χ1n) is 11.6. The molecule has 0 atom stereocenters. The summed E-state index contributed by atoms with van der Waals surface area (Å²) < 4.78 is 0. The number of anilines is 2. The minimum Gasteiger partial charge on any atom is -0.367 e. The van der Waals surface area contributed by atoms with Gasteiger partial charge in [0, 0.05) is 45.2 Å². The standard InChI is InChI=1S/C22H36N6O/c29-22(24-9-16-26-10-3-1-2-4-11-26)19-7-14-27(15-8-19)20-17-23-18-25-21(20)28-12-5-6-13-28/h17-19H,1-16H2,(H,24,29). The van der Waals surface area contributed by atoms with Crippen molar-refractivity contribution in [3.05, 3.63) is 12.5 Å². The Balaban J connectivity index is 1.23. The summed E-state index contributed by atoms with van der Waals surface area (Å²) in [5, 5.41) is 3.20. The molecule has 160 valence electrons. The van der Waals surface area contributed by atoms with E-state index in [4.69, 9.17) is 0 Å². The third-order valence-electron chi connectivity index (χ3n) is 6.71. The summed E-state index contributed by atoms with van der Waals surface area (Å²) in [5.74, 6) is 1.44. The van der Waals surface area contributed by atoms with Gasteiger partial charge in [-0.25, -0.2) is 9.97 Å². The summed E-state index contributed by atoms with van der Waals surface area (Å²) in [6, 6.07) is 0. The Morgan fingerprint density at radius 2 is 1.62 bits per heavy atom. The SMILES string of the molecule is O=C(NCCN1CCCCCC1)C1CCN(c2cncnc2N2CCCC2)CC1. The highest BCUT2D eigenvalue weighted by Crippen LogP contribution is 2.31. The van der Waals surface area contributed by atoms with Gasteiger partial charge in [-0.2, -0.15) is 0 Å². The van der Waals surface area contributed by atoms with Crippen molar-refractivity contribution in [2.75, 3.05) is 62.2 Å². The molecule has 0 saturated carbocycles. The van der Waals surface area contributed by atoms with Gasteiger partial charge in [-0.1, -0.05) is 12.8 Å². The fourth-order valence-electron chi connectivity index (χ4n) is 4.94. The third-order valence-corrected chi connectivity index (χ3v) is 6.71. The maximum absolute atomic E-state index is 12.6. The Hall–Kier alpha value is -1.89. The number of hydrogen-bond acceptors (Lipinski definition) is 6. The number of hydrogen-bond donors (Lipinski definition) is 1. The molecule has 0 spiro atoms. The molecule has 0 aromatic carbocycles. The van der Waals surface area contributed by atoms with Crippen LogP contribution >= 0.6 is 0 Å². The second kappa shape index (κ2) is 10.2. The number of carbonyl (C=O) groups is 1. The molecular formula is C22H36N6O. The van der Waals surface area contributed by atoms with E-state index in [0.29, 0.717) is 0 Å². The largest absolute Gasteiger partial charge is 0.367 e. The van der Waals surface area contributed by atoms with Crippen molar-refractivity contribution in [1.29, 1.82) is 0 Å². The van der Waals surface area contributed by atoms with Crippen LogP contribution in [0.25, 0.3) is 0 Å². The lowest BCUT2D eigenvalue weighted by Gasteiger charge is -2.34. The number of amides is 1. The van der Waals surface area contributed by atoms with Gasteiger partial charge < -0.3 is 20.0 Å². The van der Waals surface area contributed by atoms with Crippen molar-refractivity contribution in [2.45, 2.75) is 51.4 Å². The fourth-order valence-corrected chi connectivity index (χ4v) is 4.94. The van der Waals surface area contributed by atoms with Gasteiger partial charge in [-0.3, -0.25) is 4.79 Å². The molecule has 7 heteroatoms. The van der Waals surface area contributed by atoms with Crippen molar-refractivity contribution in [2.24, 2.45) is 5.92 Å². The Bertz CT molecular complexity index is 646. The lowest BCUT2D eigenvalue weighted by molar-refractivity contribution is -0.125. The predicted octanol–water partition coefficient (Wildman–Crippen LogP) is 2.29. The smallest absolute Gasteiger partial charge is 0.223 e. The van der Waals surface area contributed by atoms with Gasteiger partial charge >= 0.3 is 0 Å². The molecule has 4 rings (SSSR count). The minimum atomic E-state index is 0.134. The zero-order chi connectivity index (χ0) is 19.9. The lowest BCUT2D eigenvalue weighted by Crippen LogP contribution is -2.43. The van der Waals surface area contributed by atoms with Crippen LogP contribution in [0.1, 0.15) is 51.4 Å². The van der Waals surface area contributed by atoms with E-state index in [1.165, 1.54) is 51.6 Å². The molecule has 29 heavy (non-hydrogen) atoms. The topological polar surface area (TPSA) is 64.6 Å². The van der Waals surface area contributed by atoms with Gasteiger partial charge in [0.1, 0.15) is 6.33 Å². The second-order valence-electron chi connectivity index (χ2n) is 8.73. The highest BCUT2D eigenvalue weighted by Gasteiger charge is 2.28. The van der Waals surface area contributed by atoms with E-state index >= 15 is 0 Å². The normalized spacial score (nSPS) is 21.9. The first-order chi connectivity index (χ1) is 14.3. The first kappa shape index (κ1) is 20.4. The van der Waals surface area contributed by atoms with Gasteiger partial charge in [0.05, 0.1) is 11.9 Å². The Morgan fingerprint density at radius 3 is 2.34 bits per heavy atom. The van der Waals surface area contributed by atoms with Crippen LogP contribution in [0.4, 0.5) is 11.5 Å². The van der Waals surface area contributed by atoms with Gasteiger partial charge in [-0.05, 0) is 51.6 Å². The number of piperidine rings is 1. The van der Waals surface area contributed by atoms with Gasteiger partial charge in [0.15, 0.2) is 5.82 Å². The average molecular weight is 401 g/mol. The summed E-state index contributed by atoms with van der Waals surface area (Å²) in [6.07, 6.45) is 13.2. The first-order valence-corrected chi connectivity index (χ1v) is 11.6. The molecule has 3 saturated heterocycles. The molecule has 1 N–H and O–H groups in total. The van der Waals surface area contributed by atoms with Crippen LogP contribution in [0, 0.1) is 5.92 Å². The molecule has 0 unspecified atom stereocenters. The van der Waals surface area contributed by atoms with Gasteiger partial charge in [0.2, 0.25) is 5.91 Å². The molecule has 7 nitrogen and oxygen atoms in total. The second-order valence-corrected chi connectivity index (χ2v) is 8.73. The van der Waals surface area contributed by atoms with Crippen molar-refractivity contribution in [3.63, 3.8) is 0 Å². The molecule has 4 heterocycles. The third kappa shape index (κ3) is 5.38. The number of aromatic nitrogens is 2. The predicted molar refractivity (Wildman–Crippen MR) is 116 cm³/mol. The molecule has 1 amide bonds. The van der Waals surface area contributed by atoms with E-state index in [0.717, 1.165) is 63.6 Å². The summed E-state index contributed by atoms with van der Waals surface area (Å²) in [6.45, 7) is 8.12.